The summed E-state index contributed by atoms with van der Waals surface area (Å²) in [6, 6.07) is 8.25. The second-order valence-corrected chi connectivity index (χ2v) is 4.93. The molecule has 1 aromatic carbocycles. The molecule has 0 atom stereocenters. The molecule has 0 radical (unpaired) electrons. The van der Waals surface area contributed by atoms with E-state index in [2.05, 4.69) is 4.98 Å². The Labute approximate surface area is 129 Å². The van der Waals surface area contributed by atoms with E-state index < -0.39 is 28.8 Å². The smallest absolute Gasteiger partial charge is 0.348 e. The highest BCUT2D eigenvalue weighted by molar-refractivity contribution is 5.74. The van der Waals surface area contributed by atoms with E-state index in [4.69, 9.17) is 4.42 Å². The molecule has 2 aromatic heterocycles. The first-order valence-corrected chi connectivity index (χ1v) is 6.72. The first-order chi connectivity index (χ1) is 11.0. The fourth-order valence-electron chi connectivity index (χ4n) is 2.31. The number of benzene rings is 1. The largest absolute Gasteiger partial charge is 0.504 e. The summed E-state index contributed by atoms with van der Waals surface area (Å²) in [5, 5.41) is 10.1. The molecule has 0 spiro atoms. The van der Waals surface area contributed by atoms with E-state index in [0.29, 0.717) is 5.56 Å². The molecular formula is C17H11F2NO3. The summed E-state index contributed by atoms with van der Waals surface area (Å²) >= 11 is 0. The predicted octanol–water partition coefficient (Wildman–Crippen LogP) is 3.66. The van der Waals surface area contributed by atoms with Crippen molar-refractivity contribution in [3.05, 3.63) is 70.2 Å². The van der Waals surface area contributed by atoms with Gasteiger partial charge in [0.25, 0.3) is 0 Å². The highest BCUT2D eigenvalue weighted by atomic mass is 19.1. The number of halogens is 2. The van der Waals surface area contributed by atoms with Crippen molar-refractivity contribution in [2.45, 2.75) is 6.92 Å². The molecule has 0 saturated carbocycles. The number of hydrogen-bond donors (Lipinski definition) is 1. The predicted molar refractivity (Wildman–Crippen MR) is 80.0 cm³/mol. The van der Waals surface area contributed by atoms with Gasteiger partial charge in [0.2, 0.25) is 5.82 Å². The average molecular weight is 315 g/mol. The van der Waals surface area contributed by atoms with E-state index >= 15 is 0 Å². The fourth-order valence-corrected chi connectivity index (χ4v) is 2.31. The number of pyridine rings is 1. The molecule has 0 amide bonds. The van der Waals surface area contributed by atoms with E-state index in [1.807, 2.05) is 0 Å². The molecule has 0 aliphatic heterocycles. The molecule has 6 heteroatoms. The standard InChI is InChI=1S/C17H11F2NO3/c1-9-8-10(18)5-6-11(9)13-15(21)14(19)16(23-17(13)22)12-4-2-3-7-20-12/h2-8,21H,1H3. The van der Waals surface area contributed by atoms with E-state index in [0.717, 1.165) is 6.07 Å². The lowest BCUT2D eigenvalue weighted by molar-refractivity contribution is 0.402. The van der Waals surface area contributed by atoms with Crippen LogP contribution in [-0.4, -0.2) is 10.1 Å². The van der Waals surface area contributed by atoms with Gasteiger partial charge in [-0.05, 0) is 42.3 Å². The number of aryl methyl sites for hydroxylation is 1. The lowest BCUT2D eigenvalue weighted by atomic mass is 10.0. The molecule has 0 aliphatic rings. The second-order valence-electron chi connectivity index (χ2n) is 4.93. The van der Waals surface area contributed by atoms with Crippen LogP contribution in [0.2, 0.25) is 0 Å². The minimum atomic E-state index is -1.10. The van der Waals surface area contributed by atoms with Gasteiger partial charge in [-0.3, -0.25) is 4.98 Å². The monoisotopic (exact) mass is 315 g/mol. The molecule has 1 N–H and O–H groups in total. The zero-order valence-electron chi connectivity index (χ0n) is 12.0. The number of aromatic nitrogens is 1. The topological polar surface area (TPSA) is 63.3 Å². The fraction of sp³-hybridized carbons (Fsp3) is 0.0588. The Morgan fingerprint density at radius 1 is 1.17 bits per heavy atom. The maximum Gasteiger partial charge on any atom is 0.348 e. The molecule has 3 aromatic rings. The van der Waals surface area contributed by atoms with Gasteiger partial charge in [0.1, 0.15) is 17.1 Å². The van der Waals surface area contributed by atoms with Crippen LogP contribution in [0.1, 0.15) is 5.56 Å². The third-order valence-corrected chi connectivity index (χ3v) is 3.40. The minimum absolute atomic E-state index is 0.0831. The lowest BCUT2D eigenvalue weighted by Crippen LogP contribution is -2.08. The van der Waals surface area contributed by atoms with Crippen molar-refractivity contribution in [1.82, 2.24) is 4.98 Å². The summed E-state index contributed by atoms with van der Waals surface area (Å²) in [5.74, 6) is -2.89. The Kier molecular flexibility index (Phi) is 3.65. The third kappa shape index (κ3) is 2.59. The van der Waals surface area contributed by atoms with Crippen molar-refractivity contribution in [2.24, 2.45) is 0 Å². The average Bonchev–Trinajstić information content (AvgIpc) is 2.54. The van der Waals surface area contributed by atoms with Gasteiger partial charge in [0, 0.05) is 6.20 Å². The Hall–Kier alpha value is -3.02. The Balaban J connectivity index is 2.26. The maximum atomic E-state index is 14.4. The van der Waals surface area contributed by atoms with Crippen molar-refractivity contribution >= 4 is 0 Å². The normalized spacial score (nSPS) is 10.7. The van der Waals surface area contributed by atoms with Crippen LogP contribution < -0.4 is 5.63 Å². The van der Waals surface area contributed by atoms with Gasteiger partial charge in [-0.1, -0.05) is 12.1 Å². The first-order valence-electron chi connectivity index (χ1n) is 6.72. The van der Waals surface area contributed by atoms with Crippen LogP contribution in [0.4, 0.5) is 8.78 Å². The van der Waals surface area contributed by atoms with Gasteiger partial charge in [-0.2, -0.15) is 4.39 Å². The van der Waals surface area contributed by atoms with Crippen molar-refractivity contribution in [3.8, 4) is 28.3 Å². The zero-order chi connectivity index (χ0) is 16.6. The van der Waals surface area contributed by atoms with Crippen LogP contribution >= 0.6 is 0 Å². The van der Waals surface area contributed by atoms with E-state index in [-0.39, 0.29) is 16.8 Å². The van der Waals surface area contributed by atoms with Gasteiger partial charge in [-0.15, -0.1) is 0 Å². The van der Waals surface area contributed by atoms with Gasteiger partial charge in [0.05, 0.1) is 0 Å². The highest BCUT2D eigenvalue weighted by Crippen LogP contribution is 2.35. The van der Waals surface area contributed by atoms with E-state index in [1.54, 1.807) is 19.1 Å². The van der Waals surface area contributed by atoms with Crippen molar-refractivity contribution in [2.75, 3.05) is 0 Å². The second kappa shape index (κ2) is 5.64. The summed E-state index contributed by atoms with van der Waals surface area (Å²) in [4.78, 5) is 16.1. The molecule has 23 heavy (non-hydrogen) atoms. The van der Waals surface area contributed by atoms with Crippen LogP contribution in [-0.2, 0) is 0 Å². The lowest BCUT2D eigenvalue weighted by Gasteiger charge is -2.09. The molecule has 2 heterocycles. The van der Waals surface area contributed by atoms with E-state index in [9.17, 15) is 18.7 Å². The molecule has 0 saturated heterocycles. The first kappa shape index (κ1) is 14.9. The summed E-state index contributed by atoms with van der Waals surface area (Å²) in [6.45, 7) is 1.54. The van der Waals surface area contributed by atoms with Crippen LogP contribution in [0.5, 0.6) is 5.75 Å². The molecular weight excluding hydrogens is 304 g/mol. The quantitative estimate of drug-likeness (QED) is 0.784. The zero-order valence-corrected chi connectivity index (χ0v) is 12.0. The van der Waals surface area contributed by atoms with Crippen molar-refractivity contribution in [3.63, 3.8) is 0 Å². The van der Waals surface area contributed by atoms with Gasteiger partial charge >= 0.3 is 5.63 Å². The number of nitrogens with zero attached hydrogens (tertiary/aromatic N) is 1. The molecule has 0 aliphatic carbocycles. The SMILES string of the molecule is Cc1cc(F)ccc1-c1c(O)c(F)c(-c2ccccn2)oc1=O. The Bertz CT molecular complexity index is 937. The summed E-state index contributed by atoms with van der Waals surface area (Å²) in [7, 11) is 0. The minimum Gasteiger partial charge on any atom is -0.504 e. The number of rotatable bonds is 2. The maximum absolute atomic E-state index is 14.4. The van der Waals surface area contributed by atoms with Crippen LogP contribution in [0.15, 0.2) is 51.8 Å². The Morgan fingerprint density at radius 3 is 2.61 bits per heavy atom. The van der Waals surface area contributed by atoms with Crippen LogP contribution in [0.3, 0.4) is 0 Å². The van der Waals surface area contributed by atoms with Crippen LogP contribution in [0.25, 0.3) is 22.6 Å². The summed E-state index contributed by atoms with van der Waals surface area (Å²) in [5.41, 5.74) is -0.625. The number of hydrogen-bond acceptors (Lipinski definition) is 4. The van der Waals surface area contributed by atoms with E-state index in [1.165, 1.54) is 24.4 Å². The molecule has 116 valence electrons. The summed E-state index contributed by atoms with van der Waals surface area (Å²) < 4.78 is 32.6. The molecule has 0 fully saturated rings. The van der Waals surface area contributed by atoms with Gasteiger partial charge < -0.3 is 9.52 Å². The molecule has 3 rings (SSSR count). The number of aromatic hydroxyl groups is 1. The van der Waals surface area contributed by atoms with Crippen LogP contribution in [0, 0.1) is 18.6 Å². The highest BCUT2D eigenvalue weighted by Gasteiger charge is 2.23. The molecule has 4 nitrogen and oxygen atoms in total. The van der Waals surface area contributed by atoms with Gasteiger partial charge in [-0.25, -0.2) is 9.18 Å². The van der Waals surface area contributed by atoms with Crippen molar-refractivity contribution in [1.29, 1.82) is 0 Å². The molecule has 0 unspecified atom stereocenters. The Morgan fingerprint density at radius 2 is 1.96 bits per heavy atom. The summed E-state index contributed by atoms with van der Waals surface area (Å²) in [6.07, 6.45) is 1.41. The third-order valence-electron chi connectivity index (χ3n) is 3.40. The van der Waals surface area contributed by atoms with Gasteiger partial charge in [0.15, 0.2) is 11.5 Å². The van der Waals surface area contributed by atoms with Crippen molar-refractivity contribution < 1.29 is 18.3 Å². The molecule has 0 bridgehead atoms.